The summed E-state index contributed by atoms with van der Waals surface area (Å²) in [7, 11) is 0. The Labute approximate surface area is 137 Å². The first-order valence-corrected chi connectivity index (χ1v) is 13.3. The Morgan fingerprint density at radius 1 is 0.579 bits per heavy atom. The fourth-order valence-electron chi connectivity index (χ4n) is 1.85. The van der Waals surface area contributed by atoms with Gasteiger partial charge in [0.05, 0.1) is 0 Å². The van der Waals surface area contributed by atoms with Crippen LogP contribution >= 0.6 is 0 Å². The van der Waals surface area contributed by atoms with Crippen molar-refractivity contribution in [2.75, 3.05) is 0 Å². The summed E-state index contributed by atoms with van der Waals surface area (Å²) < 4.78 is 4.62. The Kier molecular flexibility index (Phi) is 7.99. The van der Waals surface area contributed by atoms with Gasteiger partial charge in [-0.1, -0.05) is 0 Å². The van der Waals surface area contributed by atoms with Gasteiger partial charge in [0, 0.05) is 0 Å². The molecular weight excluding hydrogens is 459 g/mol. The number of hydrogen-bond donors (Lipinski definition) is 0. The third-order valence-corrected chi connectivity index (χ3v) is 13.1. The Morgan fingerprint density at radius 2 is 1.00 bits per heavy atom. The Morgan fingerprint density at radius 3 is 1.42 bits per heavy atom. The van der Waals surface area contributed by atoms with Crippen LogP contribution in [-0.2, 0) is 12.8 Å². The number of hydrogen-bond acceptors (Lipinski definition) is 0. The van der Waals surface area contributed by atoms with Gasteiger partial charge in [0.15, 0.2) is 0 Å². The third-order valence-electron chi connectivity index (χ3n) is 2.92. The molecule has 0 atom stereocenters. The molecule has 0 spiro atoms. The zero-order valence-electron chi connectivity index (χ0n) is 11.1. The molecule has 0 amide bonds. The van der Waals surface area contributed by atoms with Gasteiger partial charge in [0.2, 0.25) is 0 Å². The second kappa shape index (κ2) is 9.85. The molecule has 2 heteroatoms. The van der Waals surface area contributed by atoms with Crippen molar-refractivity contribution < 1.29 is 0 Å². The second-order valence-electron chi connectivity index (χ2n) is 4.41. The summed E-state index contributed by atoms with van der Waals surface area (Å²) in [5.74, 6) is 0. The molecule has 0 N–H and O–H groups in total. The van der Waals surface area contributed by atoms with Crippen LogP contribution in [0.2, 0.25) is 11.5 Å². The Bertz CT molecular complexity index is 396. The summed E-state index contributed by atoms with van der Waals surface area (Å²) >= 11 is 0.603. The minimum atomic E-state index is 0.302. The molecule has 0 bridgehead atoms. The van der Waals surface area contributed by atoms with Gasteiger partial charge in [-0.05, 0) is 0 Å². The van der Waals surface area contributed by atoms with E-state index in [1.807, 2.05) is 0 Å². The van der Waals surface area contributed by atoms with E-state index in [2.05, 4.69) is 60.7 Å². The van der Waals surface area contributed by atoms with E-state index in [-0.39, 0.29) is 0 Å². The summed E-state index contributed by atoms with van der Waals surface area (Å²) in [6.45, 7) is 0. The molecule has 2 aromatic rings. The SMILES string of the molecule is c1ccc(CC[Te]C[Te]CCc2ccccc2)cc1. The van der Waals surface area contributed by atoms with E-state index < -0.39 is 0 Å². The van der Waals surface area contributed by atoms with E-state index in [1.165, 1.54) is 32.9 Å². The topological polar surface area (TPSA) is 0 Å². The Hall–Kier alpha value is 0.0192. The van der Waals surface area contributed by atoms with Crippen LogP contribution in [-0.4, -0.2) is 41.8 Å². The van der Waals surface area contributed by atoms with Gasteiger partial charge in [-0.25, -0.2) is 0 Å². The van der Waals surface area contributed by atoms with Gasteiger partial charge >= 0.3 is 138 Å². The van der Waals surface area contributed by atoms with Crippen molar-refractivity contribution in [2.24, 2.45) is 0 Å². The van der Waals surface area contributed by atoms with Gasteiger partial charge in [-0.2, -0.15) is 0 Å². The van der Waals surface area contributed by atoms with Crippen LogP contribution in [0.1, 0.15) is 11.1 Å². The molecule has 2 aromatic carbocycles. The van der Waals surface area contributed by atoms with Crippen LogP contribution in [0.4, 0.5) is 0 Å². The molecule has 0 saturated carbocycles. The predicted molar refractivity (Wildman–Crippen MR) is 86.2 cm³/mol. The number of rotatable bonds is 8. The van der Waals surface area contributed by atoms with Crippen molar-refractivity contribution in [1.82, 2.24) is 0 Å². The van der Waals surface area contributed by atoms with Crippen molar-refractivity contribution in [3.05, 3.63) is 71.8 Å². The summed E-state index contributed by atoms with van der Waals surface area (Å²) in [5.41, 5.74) is 3.05. The molecule has 0 nitrogen and oxygen atoms in total. The molecule has 0 aromatic heterocycles. The van der Waals surface area contributed by atoms with E-state index in [9.17, 15) is 0 Å². The maximum atomic E-state index is 2.26. The third kappa shape index (κ3) is 6.83. The van der Waals surface area contributed by atoms with E-state index in [1.54, 1.807) is 2.52 Å². The van der Waals surface area contributed by atoms with Crippen LogP contribution in [0, 0.1) is 0 Å². The van der Waals surface area contributed by atoms with Crippen molar-refractivity contribution in [1.29, 1.82) is 0 Å². The van der Waals surface area contributed by atoms with Crippen molar-refractivity contribution in [2.45, 2.75) is 24.3 Å². The fraction of sp³-hybridized carbons (Fsp3) is 0.294. The quantitative estimate of drug-likeness (QED) is 0.395. The van der Waals surface area contributed by atoms with E-state index in [4.69, 9.17) is 0 Å². The van der Waals surface area contributed by atoms with Crippen molar-refractivity contribution in [3.8, 4) is 0 Å². The molecule has 0 saturated heterocycles. The normalized spacial score (nSPS) is 10.5. The average Bonchev–Trinajstić information content (AvgIpc) is 2.48. The fourth-order valence-corrected chi connectivity index (χ4v) is 11.8. The van der Waals surface area contributed by atoms with E-state index in [0.717, 1.165) is 0 Å². The molecule has 0 radical (unpaired) electrons. The van der Waals surface area contributed by atoms with Gasteiger partial charge in [-0.3, -0.25) is 0 Å². The zero-order chi connectivity index (χ0) is 13.2. The first-order valence-electron chi connectivity index (χ1n) is 6.68. The Balaban J connectivity index is 1.49. The van der Waals surface area contributed by atoms with E-state index >= 15 is 0 Å². The maximum absolute atomic E-state index is 2.26. The molecule has 0 aliphatic heterocycles. The van der Waals surface area contributed by atoms with Gasteiger partial charge in [0.25, 0.3) is 0 Å². The van der Waals surface area contributed by atoms with E-state index in [0.29, 0.717) is 41.8 Å². The van der Waals surface area contributed by atoms with Gasteiger partial charge in [-0.15, -0.1) is 0 Å². The number of benzene rings is 2. The van der Waals surface area contributed by atoms with Gasteiger partial charge < -0.3 is 0 Å². The molecular formula is C17H20Te2. The van der Waals surface area contributed by atoms with Crippen LogP contribution in [0.5, 0.6) is 0 Å². The number of aryl methyl sites for hydroxylation is 2. The first kappa shape index (κ1) is 15.4. The molecule has 100 valence electrons. The van der Waals surface area contributed by atoms with Crippen LogP contribution < -0.4 is 0 Å². The predicted octanol–water partition coefficient (Wildman–Crippen LogP) is 4.09. The van der Waals surface area contributed by atoms with Crippen LogP contribution in [0.15, 0.2) is 60.7 Å². The van der Waals surface area contributed by atoms with Gasteiger partial charge in [0.1, 0.15) is 0 Å². The molecule has 0 heterocycles. The van der Waals surface area contributed by atoms with Crippen molar-refractivity contribution >= 4 is 41.8 Å². The molecule has 0 aliphatic rings. The summed E-state index contributed by atoms with van der Waals surface area (Å²) in [6, 6.07) is 21.9. The minimum absolute atomic E-state index is 0.302. The molecule has 0 aliphatic carbocycles. The average molecular weight is 480 g/mol. The van der Waals surface area contributed by atoms with Crippen LogP contribution in [0.3, 0.4) is 0 Å². The molecule has 0 fully saturated rings. The first-order chi connectivity index (χ1) is 9.45. The second-order valence-corrected chi connectivity index (χ2v) is 14.3. The molecule has 0 unspecified atom stereocenters. The summed E-state index contributed by atoms with van der Waals surface area (Å²) in [5, 5.41) is 0. The van der Waals surface area contributed by atoms with Crippen LogP contribution in [0.25, 0.3) is 0 Å². The van der Waals surface area contributed by atoms with Crippen molar-refractivity contribution in [3.63, 3.8) is 0 Å². The molecule has 2 rings (SSSR count). The molecule has 19 heavy (non-hydrogen) atoms. The summed E-state index contributed by atoms with van der Waals surface area (Å²) in [6.07, 6.45) is 2.63. The zero-order valence-corrected chi connectivity index (χ0v) is 15.8. The monoisotopic (exact) mass is 484 g/mol. The summed E-state index contributed by atoms with van der Waals surface area (Å²) in [4.78, 5) is 0. The standard InChI is InChI=1S/C17H20Te2/c1-3-7-16(8-4-1)11-13-18-15-19-14-12-17-9-5-2-6-10-17/h1-10H,11-15H2.